The number of aromatic nitrogens is 1. The molecule has 0 spiro atoms. The maximum absolute atomic E-state index is 2.42. The van der Waals surface area contributed by atoms with Crippen molar-refractivity contribution < 1.29 is 0 Å². The predicted octanol–water partition coefficient (Wildman–Crippen LogP) is 17.7. The molecule has 0 aliphatic rings. The molecule has 0 fully saturated rings. The van der Waals surface area contributed by atoms with E-state index in [0.29, 0.717) is 0 Å². The van der Waals surface area contributed by atoms with Crippen molar-refractivity contribution in [2.75, 3.05) is 4.90 Å². The topological polar surface area (TPSA) is 8.17 Å². The van der Waals surface area contributed by atoms with Gasteiger partial charge in [0.2, 0.25) is 0 Å². The molecule has 0 radical (unpaired) electrons. The summed E-state index contributed by atoms with van der Waals surface area (Å²) in [6, 6.07) is 96.8. The summed E-state index contributed by atoms with van der Waals surface area (Å²) in [5.41, 5.74) is 18.7. The summed E-state index contributed by atoms with van der Waals surface area (Å²) in [4.78, 5) is 2.42. The van der Waals surface area contributed by atoms with Gasteiger partial charge in [-0.15, -0.1) is 0 Å². The predicted molar refractivity (Wildman–Crippen MR) is 280 cm³/mol. The lowest BCUT2D eigenvalue weighted by Gasteiger charge is -2.29. The van der Waals surface area contributed by atoms with Crippen LogP contribution in [0.1, 0.15) is 0 Å². The van der Waals surface area contributed by atoms with Gasteiger partial charge in [0.05, 0.1) is 16.7 Å². The Hall–Kier alpha value is -8.72. The molecule has 2 nitrogen and oxygen atoms in total. The number of para-hydroxylation sites is 3. The van der Waals surface area contributed by atoms with Gasteiger partial charge in [0, 0.05) is 33.4 Å². The van der Waals surface area contributed by atoms with Gasteiger partial charge in [-0.3, -0.25) is 0 Å². The van der Waals surface area contributed by atoms with E-state index in [0.717, 1.165) is 28.3 Å². The fourth-order valence-corrected chi connectivity index (χ4v) is 9.95. The van der Waals surface area contributed by atoms with Crippen molar-refractivity contribution in [1.29, 1.82) is 0 Å². The molecule has 0 saturated heterocycles. The molecule has 12 aromatic rings. The first kappa shape index (κ1) is 38.9. The monoisotopic (exact) mass is 840 g/mol. The molecule has 1 heterocycles. The summed E-state index contributed by atoms with van der Waals surface area (Å²) in [6.07, 6.45) is 0. The first-order valence-corrected chi connectivity index (χ1v) is 22.7. The van der Waals surface area contributed by atoms with E-state index in [4.69, 9.17) is 0 Å². The fourth-order valence-electron chi connectivity index (χ4n) is 9.95. The molecule has 0 saturated carbocycles. The van der Waals surface area contributed by atoms with E-state index in [1.165, 1.54) is 82.6 Å². The number of rotatable bonds is 9. The molecule has 12 rings (SSSR count). The van der Waals surface area contributed by atoms with Crippen LogP contribution in [0.5, 0.6) is 0 Å². The highest BCUT2D eigenvalue weighted by Gasteiger charge is 2.22. The van der Waals surface area contributed by atoms with Gasteiger partial charge in [-0.2, -0.15) is 0 Å². The number of hydrogen-bond donors (Lipinski definition) is 0. The third-order valence-corrected chi connectivity index (χ3v) is 13.0. The van der Waals surface area contributed by atoms with Gasteiger partial charge in [0.25, 0.3) is 0 Å². The SMILES string of the molecule is c1ccc(-c2cccc(N(c3ccc(-c4ccc(-c5cccc6ccccc56)cc4)cc3)c3ccccc3-c3ccccc3-c3cccc4c3c3ccccc3n4-c3ccccc3)c2)cc1. The average Bonchev–Trinajstić information content (AvgIpc) is 3.74. The number of hydrogen-bond acceptors (Lipinski definition) is 1. The maximum Gasteiger partial charge on any atom is 0.0547 e. The lowest BCUT2D eigenvalue weighted by molar-refractivity contribution is 1.18. The zero-order valence-electron chi connectivity index (χ0n) is 36.3. The van der Waals surface area contributed by atoms with Crippen LogP contribution < -0.4 is 4.90 Å². The van der Waals surface area contributed by atoms with Crippen molar-refractivity contribution in [1.82, 2.24) is 4.57 Å². The van der Waals surface area contributed by atoms with Crippen molar-refractivity contribution in [3.63, 3.8) is 0 Å². The maximum atomic E-state index is 2.42. The highest BCUT2D eigenvalue weighted by atomic mass is 15.1. The van der Waals surface area contributed by atoms with Crippen LogP contribution in [0.15, 0.2) is 267 Å². The van der Waals surface area contributed by atoms with E-state index >= 15 is 0 Å². The molecule has 2 heteroatoms. The second kappa shape index (κ2) is 16.8. The van der Waals surface area contributed by atoms with Crippen LogP contribution in [0.4, 0.5) is 17.1 Å². The minimum Gasteiger partial charge on any atom is -0.310 e. The van der Waals surface area contributed by atoms with Crippen LogP contribution in [-0.2, 0) is 0 Å². The first-order valence-electron chi connectivity index (χ1n) is 22.7. The number of anilines is 3. The molecule has 0 N–H and O–H groups in total. The van der Waals surface area contributed by atoms with Crippen LogP contribution in [-0.4, -0.2) is 4.57 Å². The highest BCUT2D eigenvalue weighted by Crippen LogP contribution is 2.47. The average molecular weight is 841 g/mol. The Balaban J connectivity index is 0.993. The summed E-state index contributed by atoms with van der Waals surface area (Å²) in [6.45, 7) is 0. The molecule has 1 aromatic heterocycles. The summed E-state index contributed by atoms with van der Waals surface area (Å²) >= 11 is 0. The molecular weight excluding hydrogens is 797 g/mol. The summed E-state index contributed by atoms with van der Waals surface area (Å²) in [5, 5.41) is 5.00. The van der Waals surface area contributed by atoms with E-state index in [1.807, 2.05) is 0 Å². The van der Waals surface area contributed by atoms with Crippen molar-refractivity contribution in [3.05, 3.63) is 267 Å². The third kappa shape index (κ3) is 6.93. The largest absolute Gasteiger partial charge is 0.310 e. The van der Waals surface area contributed by atoms with Crippen LogP contribution >= 0.6 is 0 Å². The molecule has 11 aromatic carbocycles. The van der Waals surface area contributed by atoms with E-state index in [1.54, 1.807) is 0 Å². The highest BCUT2D eigenvalue weighted by molar-refractivity contribution is 6.17. The lowest BCUT2D eigenvalue weighted by atomic mass is 9.90. The van der Waals surface area contributed by atoms with E-state index in [-0.39, 0.29) is 0 Å². The minimum absolute atomic E-state index is 1.08. The quantitative estimate of drug-likeness (QED) is 0.141. The normalized spacial score (nSPS) is 11.3. The van der Waals surface area contributed by atoms with Crippen LogP contribution in [0.2, 0.25) is 0 Å². The minimum atomic E-state index is 1.08. The molecule has 0 bridgehead atoms. The van der Waals surface area contributed by atoms with Gasteiger partial charge in [-0.1, -0.05) is 212 Å². The molecule has 66 heavy (non-hydrogen) atoms. The Kier molecular flexibility index (Phi) is 9.89. The fraction of sp³-hybridized carbons (Fsp3) is 0. The standard InChI is InChI=1S/C64H44N2/c1-3-18-45(19-4-1)50-22-15-25-53(44-50)65(52-42-40-47(41-43-52)46-36-38-49(39-37-46)55-31-16-21-48-20-7-8-26-54(48)55)61-33-13-11-29-58(61)56-27-9-10-28-57(56)59-32-17-35-63-64(59)60-30-12-14-34-62(60)66(63)51-23-5-2-6-24-51/h1-44H. The Labute approximate surface area is 385 Å². The molecular formula is C64H44N2. The van der Waals surface area contributed by atoms with E-state index in [9.17, 15) is 0 Å². The van der Waals surface area contributed by atoms with Gasteiger partial charge in [0.1, 0.15) is 0 Å². The smallest absolute Gasteiger partial charge is 0.0547 e. The van der Waals surface area contributed by atoms with Crippen LogP contribution in [0.25, 0.3) is 93.9 Å². The van der Waals surface area contributed by atoms with E-state index in [2.05, 4.69) is 276 Å². The molecule has 0 aliphatic heterocycles. The van der Waals surface area contributed by atoms with E-state index < -0.39 is 0 Å². The number of nitrogens with zero attached hydrogens (tertiary/aromatic N) is 2. The molecule has 310 valence electrons. The van der Waals surface area contributed by atoms with Gasteiger partial charge in [-0.25, -0.2) is 0 Å². The van der Waals surface area contributed by atoms with Crippen molar-refractivity contribution in [2.24, 2.45) is 0 Å². The Morgan fingerprint density at radius 1 is 0.273 bits per heavy atom. The third-order valence-electron chi connectivity index (χ3n) is 13.0. The second-order valence-electron chi connectivity index (χ2n) is 16.9. The van der Waals surface area contributed by atoms with Gasteiger partial charge in [0.15, 0.2) is 0 Å². The Morgan fingerprint density at radius 2 is 0.773 bits per heavy atom. The van der Waals surface area contributed by atoms with Crippen molar-refractivity contribution in [3.8, 4) is 61.3 Å². The first-order chi connectivity index (χ1) is 32.8. The van der Waals surface area contributed by atoms with Gasteiger partial charge in [-0.05, 0) is 115 Å². The molecule has 0 atom stereocenters. The van der Waals surface area contributed by atoms with Crippen LogP contribution in [0.3, 0.4) is 0 Å². The zero-order chi connectivity index (χ0) is 43.8. The Bertz CT molecular complexity index is 3670. The molecule has 0 amide bonds. The lowest BCUT2D eigenvalue weighted by Crippen LogP contribution is -2.11. The summed E-state index contributed by atoms with van der Waals surface area (Å²) in [5.74, 6) is 0. The van der Waals surface area contributed by atoms with Crippen LogP contribution in [0, 0.1) is 0 Å². The van der Waals surface area contributed by atoms with Gasteiger partial charge < -0.3 is 9.47 Å². The van der Waals surface area contributed by atoms with Crippen molar-refractivity contribution >= 4 is 49.6 Å². The molecule has 0 aliphatic carbocycles. The Morgan fingerprint density at radius 3 is 1.56 bits per heavy atom. The van der Waals surface area contributed by atoms with Gasteiger partial charge >= 0.3 is 0 Å². The zero-order valence-corrected chi connectivity index (χ0v) is 36.3. The summed E-state index contributed by atoms with van der Waals surface area (Å²) < 4.78 is 2.40. The summed E-state index contributed by atoms with van der Waals surface area (Å²) in [7, 11) is 0. The second-order valence-corrected chi connectivity index (χ2v) is 16.9. The molecule has 0 unspecified atom stereocenters. The number of fused-ring (bicyclic) bond motifs is 4. The number of benzene rings is 11. The van der Waals surface area contributed by atoms with Crippen molar-refractivity contribution in [2.45, 2.75) is 0 Å².